The van der Waals surface area contributed by atoms with Crippen LogP contribution in [0.1, 0.15) is 49.9 Å². The Bertz CT molecular complexity index is 1380. The van der Waals surface area contributed by atoms with E-state index in [-0.39, 0.29) is 5.91 Å². The fourth-order valence-corrected chi connectivity index (χ4v) is 4.62. The van der Waals surface area contributed by atoms with E-state index in [2.05, 4.69) is 25.8 Å². The molecule has 3 N–H and O–H groups in total. The molecular weight excluding hydrogens is 449 g/mol. The molecule has 0 bridgehead atoms. The van der Waals surface area contributed by atoms with Crippen molar-refractivity contribution < 1.29 is 9.18 Å². The molecule has 180 valence electrons. The zero-order valence-corrected chi connectivity index (χ0v) is 19.3. The van der Waals surface area contributed by atoms with Crippen molar-refractivity contribution in [1.29, 1.82) is 0 Å². The van der Waals surface area contributed by atoms with E-state index in [4.69, 9.17) is 10.1 Å². The van der Waals surface area contributed by atoms with E-state index < -0.39 is 12.2 Å². The van der Waals surface area contributed by atoms with Crippen LogP contribution >= 0.6 is 0 Å². The van der Waals surface area contributed by atoms with Gasteiger partial charge in [-0.3, -0.25) is 14.9 Å². The molecule has 1 saturated heterocycles. The van der Waals surface area contributed by atoms with E-state index in [0.717, 1.165) is 17.6 Å². The molecule has 10 nitrogen and oxygen atoms in total. The average molecular weight is 476 g/mol. The second-order valence-electron chi connectivity index (χ2n) is 9.36. The number of alkyl halides is 1. The molecule has 0 radical (unpaired) electrons. The predicted molar refractivity (Wildman–Crippen MR) is 129 cm³/mol. The largest absolute Gasteiger partial charge is 0.325 e. The molecule has 11 heteroatoms. The lowest BCUT2D eigenvalue weighted by Gasteiger charge is -2.34. The number of hydrogen-bond donors (Lipinski definition) is 3. The number of pyridine rings is 1. The van der Waals surface area contributed by atoms with Crippen LogP contribution in [-0.4, -0.2) is 47.8 Å². The number of carbonyl (C=O) groups excluding carboxylic acids is 1. The fourth-order valence-electron chi connectivity index (χ4n) is 4.62. The van der Waals surface area contributed by atoms with Crippen LogP contribution in [-0.2, 0) is 11.5 Å². The lowest BCUT2D eigenvalue weighted by Crippen LogP contribution is -2.51. The van der Waals surface area contributed by atoms with Crippen molar-refractivity contribution in [2.75, 3.05) is 22.1 Å². The maximum Gasteiger partial charge on any atom is 0.250 e. The number of aromatic amines is 1. The molecule has 4 aromatic rings. The van der Waals surface area contributed by atoms with E-state index >= 15 is 0 Å². The van der Waals surface area contributed by atoms with Gasteiger partial charge in [0, 0.05) is 30.4 Å². The Kier molecular flexibility index (Phi) is 5.12. The summed E-state index contributed by atoms with van der Waals surface area (Å²) >= 11 is 0. The Morgan fingerprint density at radius 3 is 2.97 bits per heavy atom. The molecular formula is C24H26FN9O. The second kappa shape index (κ2) is 8.33. The van der Waals surface area contributed by atoms with Gasteiger partial charge < -0.3 is 15.5 Å². The summed E-state index contributed by atoms with van der Waals surface area (Å²) in [6, 6.07) is 9.09. The molecule has 6 rings (SSSR count). The summed E-state index contributed by atoms with van der Waals surface area (Å²) in [5, 5.41) is 18.5. The molecule has 1 atom stereocenters. The minimum Gasteiger partial charge on any atom is -0.325 e. The van der Waals surface area contributed by atoms with E-state index in [9.17, 15) is 9.18 Å². The SMILES string of the molecule is C[C@@]1(C(=O)Nc2ccc(CF)nc2)CCCN1c1nc(Nc2cc(C3CC3)[nH]n2)c2cccn2n1. The molecule has 0 spiro atoms. The first kappa shape index (κ1) is 21.5. The van der Waals surface area contributed by atoms with Gasteiger partial charge in [0.05, 0.1) is 17.6 Å². The Morgan fingerprint density at radius 1 is 1.31 bits per heavy atom. The molecule has 1 aliphatic carbocycles. The highest BCUT2D eigenvalue weighted by atomic mass is 19.1. The predicted octanol–water partition coefficient (Wildman–Crippen LogP) is 3.94. The summed E-state index contributed by atoms with van der Waals surface area (Å²) in [7, 11) is 0. The molecule has 1 aliphatic heterocycles. The highest BCUT2D eigenvalue weighted by Crippen LogP contribution is 2.40. The lowest BCUT2D eigenvalue weighted by atomic mass is 9.97. The van der Waals surface area contributed by atoms with Crippen LogP contribution in [0.2, 0.25) is 0 Å². The van der Waals surface area contributed by atoms with E-state index in [1.807, 2.05) is 36.2 Å². The normalized spacial score (nSPS) is 19.9. The van der Waals surface area contributed by atoms with Gasteiger partial charge in [-0.2, -0.15) is 10.1 Å². The number of rotatable bonds is 7. The Balaban J connectivity index is 1.29. The Hall–Kier alpha value is -4.02. The van der Waals surface area contributed by atoms with Crippen LogP contribution in [0.15, 0.2) is 42.7 Å². The molecule has 4 aromatic heterocycles. The molecule has 35 heavy (non-hydrogen) atoms. The highest BCUT2D eigenvalue weighted by molar-refractivity contribution is 6.00. The number of carbonyl (C=O) groups is 1. The minimum atomic E-state index is -0.859. The number of aromatic nitrogens is 6. The molecule has 1 saturated carbocycles. The minimum absolute atomic E-state index is 0.183. The molecule has 2 aliphatic rings. The third-order valence-corrected chi connectivity index (χ3v) is 6.83. The van der Waals surface area contributed by atoms with Gasteiger partial charge in [-0.05, 0) is 56.9 Å². The zero-order chi connectivity index (χ0) is 24.0. The van der Waals surface area contributed by atoms with Crippen molar-refractivity contribution in [3.8, 4) is 0 Å². The molecule has 1 amide bonds. The van der Waals surface area contributed by atoms with Crippen LogP contribution < -0.4 is 15.5 Å². The van der Waals surface area contributed by atoms with Crippen molar-refractivity contribution in [1.82, 2.24) is 29.8 Å². The van der Waals surface area contributed by atoms with Crippen LogP contribution in [0.3, 0.4) is 0 Å². The van der Waals surface area contributed by atoms with Gasteiger partial charge in [0.1, 0.15) is 17.7 Å². The topological polar surface area (TPSA) is 116 Å². The van der Waals surface area contributed by atoms with E-state index in [0.29, 0.717) is 47.8 Å². The highest BCUT2D eigenvalue weighted by Gasteiger charge is 2.45. The number of halogens is 1. The summed E-state index contributed by atoms with van der Waals surface area (Å²) in [5.74, 6) is 2.16. The van der Waals surface area contributed by atoms with Gasteiger partial charge in [-0.25, -0.2) is 8.91 Å². The smallest absolute Gasteiger partial charge is 0.250 e. The van der Waals surface area contributed by atoms with Crippen LogP contribution in [0, 0.1) is 0 Å². The van der Waals surface area contributed by atoms with Crippen molar-refractivity contribution in [3.05, 3.63) is 54.1 Å². The third kappa shape index (κ3) is 3.96. The summed E-state index contributed by atoms with van der Waals surface area (Å²) < 4.78 is 14.5. The van der Waals surface area contributed by atoms with Crippen LogP contribution in [0.5, 0.6) is 0 Å². The summed E-state index contributed by atoms with van der Waals surface area (Å²) in [5.41, 5.74) is 1.93. The Labute approximate surface area is 201 Å². The van der Waals surface area contributed by atoms with Crippen molar-refractivity contribution in [2.45, 2.75) is 50.7 Å². The third-order valence-electron chi connectivity index (χ3n) is 6.83. The van der Waals surface area contributed by atoms with Crippen molar-refractivity contribution in [2.24, 2.45) is 0 Å². The van der Waals surface area contributed by atoms with Gasteiger partial charge in [-0.15, -0.1) is 5.10 Å². The number of nitrogens with one attached hydrogen (secondary N) is 3. The van der Waals surface area contributed by atoms with Gasteiger partial charge in [0.25, 0.3) is 0 Å². The molecule has 0 aromatic carbocycles. The first-order valence-corrected chi connectivity index (χ1v) is 11.8. The van der Waals surface area contributed by atoms with Crippen LogP contribution in [0.25, 0.3) is 5.52 Å². The average Bonchev–Trinajstić information content (AvgIpc) is 3.23. The number of H-pyrrole nitrogens is 1. The van der Waals surface area contributed by atoms with Gasteiger partial charge in [0.2, 0.25) is 11.9 Å². The summed E-state index contributed by atoms with van der Waals surface area (Å²) in [4.78, 5) is 24.2. The number of hydrogen-bond acceptors (Lipinski definition) is 7. The van der Waals surface area contributed by atoms with Gasteiger partial charge in [0.15, 0.2) is 11.6 Å². The standard InChI is InChI=1S/C24H26FN9O/c1-24(22(35)27-17-8-7-16(13-25)26-14-17)9-3-10-33(24)23-29-21(19-4-2-11-34(19)32-23)28-20-12-18(30-31-20)15-5-6-15/h2,4,7-8,11-12,14-15H,3,5-6,9-10,13H2,1H3,(H,27,35)(H2,28,29,30,31,32)/t24-/m0/s1. The second-order valence-corrected chi connectivity index (χ2v) is 9.36. The van der Waals surface area contributed by atoms with Gasteiger partial charge in [-0.1, -0.05) is 0 Å². The van der Waals surface area contributed by atoms with Crippen LogP contribution in [0.4, 0.5) is 27.7 Å². The summed E-state index contributed by atoms with van der Waals surface area (Å²) in [6.07, 6.45) is 7.18. The van der Waals surface area contributed by atoms with Crippen molar-refractivity contribution >= 4 is 34.7 Å². The quantitative estimate of drug-likeness (QED) is 0.371. The summed E-state index contributed by atoms with van der Waals surface area (Å²) in [6.45, 7) is 1.89. The maximum atomic E-state index is 13.4. The first-order valence-electron chi connectivity index (χ1n) is 11.8. The number of anilines is 4. The fraction of sp³-hybridized carbons (Fsp3) is 0.375. The number of amides is 1. The van der Waals surface area contributed by atoms with E-state index in [1.54, 1.807) is 16.6 Å². The first-order chi connectivity index (χ1) is 17.0. The van der Waals surface area contributed by atoms with Gasteiger partial charge >= 0.3 is 0 Å². The number of nitrogens with zero attached hydrogens (tertiary/aromatic N) is 6. The maximum absolute atomic E-state index is 13.4. The van der Waals surface area contributed by atoms with Crippen molar-refractivity contribution in [3.63, 3.8) is 0 Å². The monoisotopic (exact) mass is 475 g/mol. The van der Waals surface area contributed by atoms with E-state index in [1.165, 1.54) is 19.0 Å². The molecule has 5 heterocycles. The molecule has 0 unspecified atom stereocenters. The number of fused-ring (bicyclic) bond motifs is 1. The zero-order valence-electron chi connectivity index (χ0n) is 19.3. The molecule has 2 fully saturated rings. The lowest BCUT2D eigenvalue weighted by molar-refractivity contribution is -0.120. The Morgan fingerprint density at radius 2 is 2.20 bits per heavy atom.